The van der Waals surface area contributed by atoms with Crippen LogP contribution in [0.5, 0.6) is 0 Å². The van der Waals surface area contributed by atoms with Crippen LogP contribution in [0, 0.1) is 12.7 Å². The molecule has 1 N–H and O–H groups in total. The molecule has 6 heteroatoms. The van der Waals surface area contributed by atoms with Gasteiger partial charge in [0.25, 0.3) is 0 Å². The maximum Gasteiger partial charge on any atom is 0.186 e. The van der Waals surface area contributed by atoms with Gasteiger partial charge in [0.05, 0.1) is 12.3 Å². The molecule has 118 valence electrons. The third-order valence-corrected chi connectivity index (χ3v) is 3.69. The number of hydrogen-bond acceptors (Lipinski definition) is 5. The highest BCUT2D eigenvalue weighted by molar-refractivity contribution is 5.38. The topological polar surface area (TPSA) is 50.3 Å². The molecule has 1 aromatic heterocycles. The van der Waals surface area contributed by atoms with E-state index in [1.165, 1.54) is 0 Å². The van der Waals surface area contributed by atoms with Crippen LogP contribution in [0.15, 0.2) is 0 Å². The zero-order valence-electron chi connectivity index (χ0n) is 13.3. The largest absolute Gasteiger partial charge is 0.368 e. The minimum atomic E-state index is -0.372. The number of ether oxygens (including phenoxy) is 1. The Balaban J connectivity index is 2.20. The van der Waals surface area contributed by atoms with Crippen molar-refractivity contribution in [3.8, 4) is 0 Å². The summed E-state index contributed by atoms with van der Waals surface area (Å²) in [6.45, 7) is 11.0. The van der Waals surface area contributed by atoms with Crippen LogP contribution in [-0.4, -0.2) is 47.2 Å². The van der Waals surface area contributed by atoms with Gasteiger partial charge in [-0.2, -0.15) is 0 Å². The van der Waals surface area contributed by atoms with Crippen molar-refractivity contribution >= 4 is 5.82 Å². The quantitative estimate of drug-likeness (QED) is 0.905. The van der Waals surface area contributed by atoms with E-state index in [0.29, 0.717) is 30.7 Å². The Morgan fingerprint density at radius 3 is 2.86 bits per heavy atom. The minimum Gasteiger partial charge on any atom is -0.368 e. The van der Waals surface area contributed by atoms with E-state index in [0.717, 1.165) is 19.5 Å². The van der Waals surface area contributed by atoms with Crippen LogP contribution in [0.3, 0.4) is 0 Å². The Hall–Kier alpha value is -1.27. The van der Waals surface area contributed by atoms with E-state index in [-0.39, 0.29) is 17.7 Å². The highest BCUT2D eigenvalue weighted by Crippen LogP contribution is 2.23. The predicted molar refractivity (Wildman–Crippen MR) is 80.9 cm³/mol. The van der Waals surface area contributed by atoms with Gasteiger partial charge in [-0.1, -0.05) is 6.92 Å². The fraction of sp³-hybridized carbons (Fsp3) is 0.733. The number of rotatable bonds is 5. The van der Waals surface area contributed by atoms with Gasteiger partial charge in [-0.25, -0.2) is 14.4 Å². The molecule has 0 radical (unpaired) electrons. The summed E-state index contributed by atoms with van der Waals surface area (Å²) in [5.74, 6) is 0.478. The van der Waals surface area contributed by atoms with Gasteiger partial charge in [-0.15, -0.1) is 0 Å². The van der Waals surface area contributed by atoms with Crippen molar-refractivity contribution in [1.29, 1.82) is 0 Å². The van der Waals surface area contributed by atoms with Gasteiger partial charge in [0.15, 0.2) is 17.5 Å². The summed E-state index contributed by atoms with van der Waals surface area (Å²) in [7, 11) is 0. The van der Waals surface area contributed by atoms with E-state index in [1.54, 1.807) is 6.92 Å². The van der Waals surface area contributed by atoms with E-state index in [2.05, 4.69) is 34.0 Å². The molecule has 21 heavy (non-hydrogen) atoms. The molecule has 1 fully saturated rings. The second-order valence-electron chi connectivity index (χ2n) is 5.70. The van der Waals surface area contributed by atoms with Gasteiger partial charge in [-0.3, -0.25) is 4.90 Å². The Labute approximate surface area is 125 Å². The number of anilines is 1. The molecule has 0 saturated carbocycles. The Kier molecular flexibility index (Phi) is 5.47. The Morgan fingerprint density at radius 2 is 2.19 bits per heavy atom. The third kappa shape index (κ3) is 3.89. The van der Waals surface area contributed by atoms with Gasteiger partial charge in [0.2, 0.25) is 0 Å². The average Bonchev–Trinajstić information content (AvgIpc) is 2.48. The lowest BCUT2D eigenvalue weighted by molar-refractivity contribution is -0.0443. The molecule has 0 aliphatic carbocycles. The highest BCUT2D eigenvalue weighted by atomic mass is 19.1. The summed E-state index contributed by atoms with van der Waals surface area (Å²) in [5, 5.41) is 3.02. The molecule has 1 aromatic rings. The summed E-state index contributed by atoms with van der Waals surface area (Å²) in [5.41, 5.74) is 0.365. The zero-order valence-corrected chi connectivity index (χ0v) is 13.3. The number of aromatic nitrogens is 2. The highest BCUT2D eigenvalue weighted by Gasteiger charge is 2.27. The van der Waals surface area contributed by atoms with Crippen molar-refractivity contribution < 1.29 is 9.13 Å². The number of halogens is 1. The summed E-state index contributed by atoms with van der Waals surface area (Å²) < 4.78 is 19.8. The summed E-state index contributed by atoms with van der Waals surface area (Å²) in [6.07, 6.45) is 0.724. The van der Waals surface area contributed by atoms with Crippen LogP contribution < -0.4 is 5.32 Å². The molecular formula is C15H25FN4O. The lowest BCUT2D eigenvalue weighted by Crippen LogP contribution is -2.42. The summed E-state index contributed by atoms with van der Waals surface area (Å²) in [6, 6.07) is 0.454. The molecule has 0 bridgehead atoms. The predicted octanol–water partition coefficient (Wildman–Crippen LogP) is 2.53. The normalized spacial score (nSPS) is 20.0. The number of nitrogens with one attached hydrogen (secondary N) is 1. The van der Waals surface area contributed by atoms with Crippen molar-refractivity contribution in [2.75, 3.05) is 31.6 Å². The first-order valence-corrected chi connectivity index (χ1v) is 7.66. The van der Waals surface area contributed by atoms with Gasteiger partial charge in [0, 0.05) is 25.7 Å². The van der Waals surface area contributed by atoms with E-state index in [4.69, 9.17) is 4.74 Å². The maximum atomic E-state index is 14.0. The zero-order chi connectivity index (χ0) is 15.4. The molecule has 0 aromatic carbocycles. The van der Waals surface area contributed by atoms with Crippen molar-refractivity contribution in [1.82, 2.24) is 14.9 Å². The lowest BCUT2D eigenvalue weighted by Gasteiger charge is -2.34. The third-order valence-electron chi connectivity index (χ3n) is 3.69. The molecule has 2 heterocycles. The van der Waals surface area contributed by atoms with Crippen LogP contribution in [0.1, 0.15) is 44.8 Å². The molecule has 1 saturated heterocycles. The second kappa shape index (κ2) is 7.13. The molecule has 2 rings (SSSR count). The summed E-state index contributed by atoms with van der Waals surface area (Å²) in [4.78, 5) is 10.9. The van der Waals surface area contributed by atoms with Crippen LogP contribution in [0.2, 0.25) is 0 Å². The molecule has 5 nitrogen and oxygen atoms in total. The number of nitrogens with zero attached hydrogens (tertiary/aromatic N) is 3. The second-order valence-corrected chi connectivity index (χ2v) is 5.70. The molecule has 0 amide bonds. The van der Waals surface area contributed by atoms with Crippen molar-refractivity contribution in [2.45, 2.75) is 46.3 Å². The van der Waals surface area contributed by atoms with Gasteiger partial charge in [0.1, 0.15) is 6.10 Å². The van der Waals surface area contributed by atoms with Crippen LogP contribution in [0.25, 0.3) is 0 Å². The molecular weight excluding hydrogens is 271 g/mol. The SMILES string of the molecule is CCCNc1nc(C2CN(C(C)C)CCO2)nc(C)c1F. The van der Waals surface area contributed by atoms with Gasteiger partial charge in [-0.05, 0) is 27.2 Å². The van der Waals surface area contributed by atoms with Crippen molar-refractivity contribution in [3.05, 3.63) is 17.3 Å². The van der Waals surface area contributed by atoms with Crippen LogP contribution in [-0.2, 0) is 4.74 Å². The fourth-order valence-electron chi connectivity index (χ4n) is 2.38. The van der Waals surface area contributed by atoms with E-state index in [9.17, 15) is 4.39 Å². The van der Waals surface area contributed by atoms with Gasteiger partial charge < -0.3 is 10.1 Å². The molecule has 1 unspecified atom stereocenters. The monoisotopic (exact) mass is 296 g/mol. The average molecular weight is 296 g/mol. The fourth-order valence-corrected chi connectivity index (χ4v) is 2.38. The standard InChI is InChI=1S/C15H25FN4O/c1-5-6-17-15-13(16)11(4)18-14(19-15)12-9-20(10(2)3)7-8-21-12/h10,12H,5-9H2,1-4H3,(H,17,18,19). The first-order chi connectivity index (χ1) is 10.0. The maximum absolute atomic E-state index is 14.0. The van der Waals surface area contributed by atoms with E-state index >= 15 is 0 Å². The number of hydrogen-bond donors (Lipinski definition) is 1. The Bertz CT molecular complexity index is 481. The van der Waals surface area contributed by atoms with Gasteiger partial charge >= 0.3 is 0 Å². The van der Waals surface area contributed by atoms with Crippen LogP contribution >= 0.6 is 0 Å². The van der Waals surface area contributed by atoms with E-state index < -0.39 is 0 Å². The molecule has 1 atom stereocenters. The first kappa shape index (κ1) is 16.1. The minimum absolute atomic E-state index is 0.192. The first-order valence-electron chi connectivity index (χ1n) is 7.66. The molecule has 1 aliphatic rings. The Morgan fingerprint density at radius 1 is 1.43 bits per heavy atom. The van der Waals surface area contributed by atoms with E-state index in [1.807, 2.05) is 6.92 Å². The smallest absolute Gasteiger partial charge is 0.186 e. The number of morpholine rings is 1. The molecule has 0 spiro atoms. The van der Waals surface area contributed by atoms with Crippen molar-refractivity contribution in [2.24, 2.45) is 0 Å². The summed E-state index contributed by atoms with van der Waals surface area (Å²) >= 11 is 0. The lowest BCUT2D eigenvalue weighted by atomic mass is 10.2. The number of aryl methyl sites for hydroxylation is 1. The van der Waals surface area contributed by atoms with Crippen LogP contribution in [0.4, 0.5) is 10.2 Å². The molecule has 1 aliphatic heterocycles. The van der Waals surface area contributed by atoms with Crippen molar-refractivity contribution in [3.63, 3.8) is 0 Å².